The molecule has 0 fully saturated rings. The second-order valence-corrected chi connectivity index (χ2v) is 5.21. The van der Waals surface area contributed by atoms with Crippen molar-refractivity contribution < 1.29 is 19.4 Å². The number of fused-ring (bicyclic) bond motifs is 1. The van der Waals surface area contributed by atoms with Crippen LogP contribution in [-0.4, -0.2) is 16.2 Å². The Labute approximate surface area is 131 Å². The van der Waals surface area contributed by atoms with Crippen LogP contribution in [0.1, 0.15) is 23.5 Å². The molecular formula is C18H14O5. The number of carboxylic acid groups (broad SMARTS) is 1. The van der Waals surface area contributed by atoms with Gasteiger partial charge in [0.25, 0.3) is 0 Å². The summed E-state index contributed by atoms with van der Waals surface area (Å²) in [6, 6.07) is 15.4. The van der Waals surface area contributed by atoms with E-state index in [0.717, 1.165) is 0 Å². The van der Waals surface area contributed by atoms with Gasteiger partial charge in [0, 0.05) is 5.92 Å². The molecule has 0 spiro atoms. The van der Waals surface area contributed by atoms with E-state index < -0.39 is 17.5 Å². The summed E-state index contributed by atoms with van der Waals surface area (Å²) < 4.78 is 5.25. The van der Waals surface area contributed by atoms with Gasteiger partial charge in [-0.3, -0.25) is 4.79 Å². The highest BCUT2D eigenvalue weighted by Gasteiger charge is 2.26. The summed E-state index contributed by atoms with van der Waals surface area (Å²) in [6.07, 6.45) is -0.319. The number of benzene rings is 2. The SMILES string of the molecule is O=C(O)CC(c1ccccc1)c1c(O)c2ccccc2oc1=O. The summed E-state index contributed by atoms with van der Waals surface area (Å²) >= 11 is 0. The van der Waals surface area contributed by atoms with Gasteiger partial charge in [0.1, 0.15) is 11.3 Å². The van der Waals surface area contributed by atoms with Crippen molar-refractivity contribution in [3.05, 3.63) is 76.1 Å². The van der Waals surface area contributed by atoms with Crippen LogP contribution in [-0.2, 0) is 4.79 Å². The highest BCUT2D eigenvalue weighted by molar-refractivity contribution is 5.84. The third-order valence-electron chi connectivity index (χ3n) is 3.75. The monoisotopic (exact) mass is 310 g/mol. The van der Waals surface area contributed by atoms with Gasteiger partial charge in [-0.05, 0) is 17.7 Å². The molecule has 5 nitrogen and oxygen atoms in total. The van der Waals surface area contributed by atoms with Crippen molar-refractivity contribution in [2.45, 2.75) is 12.3 Å². The van der Waals surface area contributed by atoms with Crippen molar-refractivity contribution in [1.82, 2.24) is 0 Å². The van der Waals surface area contributed by atoms with Crippen LogP contribution < -0.4 is 5.63 Å². The summed E-state index contributed by atoms with van der Waals surface area (Å²) in [4.78, 5) is 23.6. The topological polar surface area (TPSA) is 87.7 Å². The van der Waals surface area contributed by atoms with Gasteiger partial charge in [-0.25, -0.2) is 4.79 Å². The van der Waals surface area contributed by atoms with Crippen LogP contribution in [0.5, 0.6) is 5.75 Å². The van der Waals surface area contributed by atoms with Crippen LogP contribution >= 0.6 is 0 Å². The predicted octanol–water partition coefficient (Wildman–Crippen LogP) is 3.11. The predicted molar refractivity (Wildman–Crippen MR) is 84.7 cm³/mol. The Bertz CT molecular complexity index is 912. The minimum atomic E-state index is -1.06. The first-order chi connectivity index (χ1) is 11.1. The van der Waals surface area contributed by atoms with Crippen LogP contribution in [0.25, 0.3) is 11.0 Å². The lowest BCUT2D eigenvalue weighted by atomic mass is 9.88. The fourth-order valence-electron chi connectivity index (χ4n) is 2.70. The van der Waals surface area contributed by atoms with E-state index in [1.807, 2.05) is 0 Å². The van der Waals surface area contributed by atoms with Gasteiger partial charge in [0.15, 0.2) is 0 Å². The van der Waals surface area contributed by atoms with Crippen molar-refractivity contribution in [2.24, 2.45) is 0 Å². The van der Waals surface area contributed by atoms with Crippen molar-refractivity contribution in [1.29, 1.82) is 0 Å². The lowest BCUT2D eigenvalue weighted by molar-refractivity contribution is -0.137. The average Bonchev–Trinajstić information content (AvgIpc) is 2.54. The molecule has 23 heavy (non-hydrogen) atoms. The minimum absolute atomic E-state index is 0.0303. The number of aromatic hydroxyl groups is 1. The van der Waals surface area contributed by atoms with Gasteiger partial charge in [-0.2, -0.15) is 0 Å². The lowest BCUT2D eigenvalue weighted by Gasteiger charge is -2.16. The van der Waals surface area contributed by atoms with Crippen LogP contribution in [0.2, 0.25) is 0 Å². The molecule has 1 aromatic heterocycles. The quantitative estimate of drug-likeness (QED) is 0.723. The van der Waals surface area contributed by atoms with Gasteiger partial charge in [0.2, 0.25) is 0 Å². The van der Waals surface area contributed by atoms with Gasteiger partial charge in [0.05, 0.1) is 17.4 Å². The van der Waals surface area contributed by atoms with Crippen LogP contribution in [0, 0.1) is 0 Å². The number of para-hydroxylation sites is 1. The minimum Gasteiger partial charge on any atom is -0.507 e. The molecule has 0 aliphatic carbocycles. The standard InChI is InChI=1S/C18H14O5/c19-15(20)10-13(11-6-2-1-3-7-11)16-17(21)12-8-4-5-9-14(12)23-18(16)22/h1-9,13,21H,10H2,(H,19,20). The van der Waals surface area contributed by atoms with Crippen LogP contribution in [0.15, 0.2) is 63.8 Å². The summed E-state index contributed by atoms with van der Waals surface area (Å²) in [7, 11) is 0. The molecule has 0 radical (unpaired) electrons. The third-order valence-corrected chi connectivity index (χ3v) is 3.75. The van der Waals surface area contributed by atoms with E-state index >= 15 is 0 Å². The van der Waals surface area contributed by atoms with Crippen LogP contribution in [0.3, 0.4) is 0 Å². The molecule has 1 atom stereocenters. The number of carbonyl (C=O) groups is 1. The zero-order valence-corrected chi connectivity index (χ0v) is 12.1. The Morgan fingerprint density at radius 3 is 2.39 bits per heavy atom. The van der Waals surface area contributed by atoms with E-state index in [4.69, 9.17) is 4.42 Å². The first-order valence-electron chi connectivity index (χ1n) is 7.09. The number of rotatable bonds is 4. The Morgan fingerprint density at radius 2 is 1.70 bits per heavy atom. The van der Waals surface area contributed by atoms with E-state index in [2.05, 4.69) is 0 Å². The largest absolute Gasteiger partial charge is 0.507 e. The molecule has 0 aliphatic heterocycles. The van der Waals surface area contributed by atoms with Crippen molar-refractivity contribution in [2.75, 3.05) is 0 Å². The molecule has 1 heterocycles. The lowest BCUT2D eigenvalue weighted by Crippen LogP contribution is -2.17. The zero-order valence-electron chi connectivity index (χ0n) is 12.1. The Hall–Kier alpha value is -3.08. The summed E-state index contributed by atoms with van der Waals surface area (Å²) in [5.41, 5.74) is 0.141. The number of hydrogen-bond donors (Lipinski definition) is 2. The molecule has 5 heteroatoms. The Balaban J connectivity index is 2.26. The second kappa shape index (κ2) is 5.96. The van der Waals surface area contributed by atoms with E-state index in [9.17, 15) is 19.8 Å². The van der Waals surface area contributed by atoms with E-state index in [1.165, 1.54) is 0 Å². The molecule has 0 aliphatic rings. The smallest absolute Gasteiger partial charge is 0.343 e. The van der Waals surface area contributed by atoms with E-state index in [1.54, 1.807) is 54.6 Å². The number of carboxylic acids is 1. The maximum Gasteiger partial charge on any atom is 0.343 e. The first-order valence-corrected chi connectivity index (χ1v) is 7.09. The second-order valence-electron chi connectivity index (χ2n) is 5.21. The first kappa shape index (κ1) is 14.8. The fraction of sp³-hybridized carbons (Fsp3) is 0.111. The average molecular weight is 310 g/mol. The third kappa shape index (κ3) is 2.81. The molecular weight excluding hydrogens is 296 g/mol. The summed E-state index contributed by atoms with van der Waals surface area (Å²) in [5.74, 6) is -2.08. The molecule has 0 bridgehead atoms. The van der Waals surface area contributed by atoms with Crippen LogP contribution in [0.4, 0.5) is 0 Å². The van der Waals surface area contributed by atoms with E-state index in [0.29, 0.717) is 10.9 Å². The van der Waals surface area contributed by atoms with Gasteiger partial charge in [-0.1, -0.05) is 42.5 Å². The zero-order chi connectivity index (χ0) is 16.4. The van der Waals surface area contributed by atoms with Gasteiger partial charge < -0.3 is 14.6 Å². The molecule has 116 valence electrons. The maximum absolute atomic E-state index is 12.3. The molecule has 3 aromatic rings. The van der Waals surface area contributed by atoms with E-state index in [-0.39, 0.29) is 23.3 Å². The molecule has 0 amide bonds. The Kier molecular flexibility index (Phi) is 3.85. The molecule has 2 aromatic carbocycles. The Morgan fingerprint density at radius 1 is 1.04 bits per heavy atom. The van der Waals surface area contributed by atoms with Crippen molar-refractivity contribution in [3.8, 4) is 5.75 Å². The summed E-state index contributed by atoms with van der Waals surface area (Å²) in [6.45, 7) is 0. The van der Waals surface area contributed by atoms with Gasteiger partial charge >= 0.3 is 11.6 Å². The highest BCUT2D eigenvalue weighted by atomic mass is 16.4. The molecule has 0 saturated heterocycles. The normalized spacial score (nSPS) is 12.2. The number of hydrogen-bond acceptors (Lipinski definition) is 4. The van der Waals surface area contributed by atoms with Crippen molar-refractivity contribution in [3.63, 3.8) is 0 Å². The summed E-state index contributed by atoms with van der Waals surface area (Å²) in [5, 5.41) is 20.1. The fourth-order valence-corrected chi connectivity index (χ4v) is 2.70. The molecule has 2 N–H and O–H groups in total. The molecule has 3 rings (SSSR count). The molecule has 1 unspecified atom stereocenters. The van der Waals surface area contributed by atoms with Crippen molar-refractivity contribution >= 4 is 16.9 Å². The maximum atomic E-state index is 12.3. The highest BCUT2D eigenvalue weighted by Crippen LogP contribution is 2.35. The number of aliphatic carboxylic acids is 1. The van der Waals surface area contributed by atoms with Gasteiger partial charge in [-0.15, -0.1) is 0 Å². The molecule has 0 saturated carbocycles.